The molecule has 2 aromatic carbocycles. The maximum Gasteiger partial charge on any atom is 0.287 e. The van der Waals surface area contributed by atoms with Gasteiger partial charge in [-0.25, -0.2) is 4.98 Å². The molecule has 0 amide bonds. The van der Waals surface area contributed by atoms with Gasteiger partial charge in [-0.1, -0.05) is 29.8 Å². The standard InChI is InChI=1S/C21H18BrClN4O4/c1-2-30-19-9-15(11-25-26-21-8-7-16(12-24-21)27(28)29)17(22)10-20(19)31-13-14-5-3-4-6-18(14)23/h3-12H,2,13H2,1H3,(H,24,26)/b25-11+. The topological polar surface area (TPSA) is 98.9 Å². The summed E-state index contributed by atoms with van der Waals surface area (Å²) in [7, 11) is 0. The minimum atomic E-state index is -0.512. The van der Waals surface area contributed by atoms with Gasteiger partial charge in [0.25, 0.3) is 5.69 Å². The van der Waals surface area contributed by atoms with Crippen molar-refractivity contribution >= 4 is 45.3 Å². The fraction of sp³-hybridized carbons (Fsp3) is 0.143. The summed E-state index contributed by atoms with van der Waals surface area (Å²) in [4.78, 5) is 14.1. The molecule has 1 aromatic heterocycles. The SMILES string of the molecule is CCOc1cc(/C=N/Nc2ccc([N+](=O)[O-])cn2)c(Br)cc1OCc1ccccc1Cl. The zero-order valence-corrected chi connectivity index (χ0v) is 18.8. The highest BCUT2D eigenvalue weighted by molar-refractivity contribution is 9.10. The number of nitro groups is 1. The maximum atomic E-state index is 10.7. The van der Waals surface area contributed by atoms with E-state index >= 15 is 0 Å². The van der Waals surface area contributed by atoms with Gasteiger partial charge in [0.2, 0.25) is 0 Å². The zero-order valence-electron chi connectivity index (χ0n) is 16.4. The minimum Gasteiger partial charge on any atom is -0.490 e. The lowest BCUT2D eigenvalue weighted by molar-refractivity contribution is -0.385. The summed E-state index contributed by atoms with van der Waals surface area (Å²) in [5.41, 5.74) is 4.25. The number of hydrogen-bond acceptors (Lipinski definition) is 7. The normalized spacial score (nSPS) is 10.8. The predicted octanol–water partition coefficient (Wildman–Crippen LogP) is 5.83. The Hall–Kier alpha value is -3.17. The molecule has 3 rings (SSSR count). The van der Waals surface area contributed by atoms with Crippen LogP contribution in [0.25, 0.3) is 0 Å². The van der Waals surface area contributed by atoms with Crippen LogP contribution in [-0.2, 0) is 6.61 Å². The van der Waals surface area contributed by atoms with E-state index in [1.54, 1.807) is 18.3 Å². The number of aromatic nitrogens is 1. The lowest BCUT2D eigenvalue weighted by Crippen LogP contribution is -2.02. The largest absolute Gasteiger partial charge is 0.490 e. The maximum absolute atomic E-state index is 10.7. The van der Waals surface area contributed by atoms with Gasteiger partial charge in [-0.2, -0.15) is 5.10 Å². The van der Waals surface area contributed by atoms with Crippen molar-refractivity contribution in [1.82, 2.24) is 4.98 Å². The fourth-order valence-electron chi connectivity index (χ4n) is 2.53. The summed E-state index contributed by atoms with van der Waals surface area (Å²) in [6.45, 7) is 2.65. The number of hydrogen-bond donors (Lipinski definition) is 1. The monoisotopic (exact) mass is 504 g/mol. The molecule has 1 N–H and O–H groups in total. The van der Waals surface area contributed by atoms with Crippen molar-refractivity contribution in [3.8, 4) is 11.5 Å². The highest BCUT2D eigenvalue weighted by atomic mass is 79.9. The quantitative estimate of drug-likeness (QED) is 0.223. The van der Waals surface area contributed by atoms with Crippen LogP contribution in [0.2, 0.25) is 5.02 Å². The molecule has 0 aliphatic carbocycles. The first-order valence-electron chi connectivity index (χ1n) is 9.20. The van der Waals surface area contributed by atoms with Crippen LogP contribution in [0.15, 0.2) is 64.3 Å². The van der Waals surface area contributed by atoms with Gasteiger partial charge in [0.1, 0.15) is 18.6 Å². The molecular formula is C21H18BrClN4O4. The van der Waals surface area contributed by atoms with Crippen LogP contribution in [0.4, 0.5) is 11.5 Å². The van der Waals surface area contributed by atoms with Crippen LogP contribution < -0.4 is 14.9 Å². The van der Waals surface area contributed by atoms with Crippen LogP contribution >= 0.6 is 27.5 Å². The van der Waals surface area contributed by atoms with E-state index in [4.69, 9.17) is 21.1 Å². The smallest absolute Gasteiger partial charge is 0.287 e. The molecule has 0 unspecified atom stereocenters. The predicted molar refractivity (Wildman–Crippen MR) is 123 cm³/mol. The average Bonchev–Trinajstić information content (AvgIpc) is 2.76. The molecule has 0 bridgehead atoms. The van der Waals surface area contributed by atoms with Crippen LogP contribution in [0.5, 0.6) is 11.5 Å². The number of ether oxygens (including phenoxy) is 2. The molecule has 1 heterocycles. The van der Waals surface area contributed by atoms with E-state index in [1.165, 1.54) is 12.1 Å². The second kappa shape index (κ2) is 10.7. The first-order chi connectivity index (χ1) is 15.0. The molecule has 0 aliphatic rings. The summed E-state index contributed by atoms with van der Waals surface area (Å²) >= 11 is 9.71. The van der Waals surface area contributed by atoms with Gasteiger partial charge < -0.3 is 9.47 Å². The van der Waals surface area contributed by atoms with Crippen molar-refractivity contribution in [2.75, 3.05) is 12.0 Å². The third-order valence-electron chi connectivity index (χ3n) is 4.05. The van der Waals surface area contributed by atoms with Crippen molar-refractivity contribution in [1.29, 1.82) is 0 Å². The average molecular weight is 506 g/mol. The molecule has 160 valence electrons. The van der Waals surface area contributed by atoms with E-state index in [-0.39, 0.29) is 5.69 Å². The van der Waals surface area contributed by atoms with Crippen molar-refractivity contribution < 1.29 is 14.4 Å². The third kappa shape index (κ3) is 6.16. The van der Waals surface area contributed by atoms with Crippen molar-refractivity contribution in [3.63, 3.8) is 0 Å². The molecule has 3 aromatic rings. The Balaban J connectivity index is 1.73. The summed E-state index contributed by atoms with van der Waals surface area (Å²) in [6, 6.07) is 13.9. The Morgan fingerprint density at radius 2 is 2.00 bits per heavy atom. The summed E-state index contributed by atoms with van der Waals surface area (Å²) in [5, 5.41) is 15.5. The number of hydrazone groups is 1. The second-order valence-electron chi connectivity index (χ2n) is 6.16. The van der Waals surface area contributed by atoms with Gasteiger partial charge in [0.05, 0.1) is 17.7 Å². The van der Waals surface area contributed by atoms with Gasteiger partial charge in [0.15, 0.2) is 11.5 Å². The van der Waals surface area contributed by atoms with E-state index in [0.29, 0.717) is 35.6 Å². The minimum absolute atomic E-state index is 0.0917. The van der Waals surface area contributed by atoms with E-state index in [9.17, 15) is 10.1 Å². The Kier molecular flexibility index (Phi) is 7.80. The molecule has 0 aliphatic heterocycles. The van der Waals surface area contributed by atoms with Gasteiger partial charge >= 0.3 is 0 Å². The molecule has 8 nitrogen and oxygen atoms in total. The summed E-state index contributed by atoms with van der Waals surface area (Å²) in [5.74, 6) is 1.51. The number of anilines is 1. The molecule has 10 heteroatoms. The Labute approximate surface area is 192 Å². The van der Waals surface area contributed by atoms with Gasteiger partial charge in [0, 0.05) is 26.7 Å². The van der Waals surface area contributed by atoms with Gasteiger partial charge in [-0.3, -0.25) is 15.5 Å². The zero-order chi connectivity index (χ0) is 22.2. The number of pyridine rings is 1. The second-order valence-corrected chi connectivity index (χ2v) is 7.42. The lowest BCUT2D eigenvalue weighted by Gasteiger charge is -2.14. The number of rotatable bonds is 9. The first-order valence-corrected chi connectivity index (χ1v) is 10.4. The molecule has 0 atom stereocenters. The van der Waals surface area contributed by atoms with Crippen molar-refractivity contribution in [2.45, 2.75) is 13.5 Å². The van der Waals surface area contributed by atoms with E-state index in [0.717, 1.165) is 21.8 Å². The highest BCUT2D eigenvalue weighted by Crippen LogP contribution is 2.34. The van der Waals surface area contributed by atoms with E-state index in [1.807, 2.05) is 31.2 Å². The molecule has 0 spiro atoms. The fourth-order valence-corrected chi connectivity index (χ4v) is 3.15. The molecule has 0 saturated carbocycles. The number of nitrogens with one attached hydrogen (secondary N) is 1. The first kappa shape index (κ1) is 22.5. The van der Waals surface area contributed by atoms with Crippen LogP contribution in [0.1, 0.15) is 18.1 Å². The Morgan fingerprint density at radius 3 is 2.68 bits per heavy atom. The number of halogens is 2. The summed E-state index contributed by atoms with van der Waals surface area (Å²) < 4.78 is 12.4. The summed E-state index contributed by atoms with van der Waals surface area (Å²) in [6.07, 6.45) is 2.74. The molecule has 0 radical (unpaired) electrons. The Bertz CT molecular complexity index is 1090. The van der Waals surface area contributed by atoms with Crippen LogP contribution in [-0.4, -0.2) is 22.7 Å². The van der Waals surface area contributed by atoms with Crippen molar-refractivity contribution in [3.05, 3.63) is 85.5 Å². The Morgan fingerprint density at radius 1 is 1.23 bits per heavy atom. The van der Waals surface area contributed by atoms with Crippen LogP contribution in [0.3, 0.4) is 0 Å². The number of benzene rings is 2. The molecule has 0 fully saturated rings. The number of nitrogens with zero attached hydrogens (tertiary/aromatic N) is 3. The van der Waals surface area contributed by atoms with E-state index < -0.39 is 4.92 Å². The van der Waals surface area contributed by atoms with Gasteiger partial charge in [-0.15, -0.1) is 0 Å². The van der Waals surface area contributed by atoms with Crippen LogP contribution in [0, 0.1) is 10.1 Å². The highest BCUT2D eigenvalue weighted by Gasteiger charge is 2.11. The molecule has 0 saturated heterocycles. The van der Waals surface area contributed by atoms with E-state index in [2.05, 4.69) is 31.4 Å². The van der Waals surface area contributed by atoms with Gasteiger partial charge in [-0.05, 0) is 47.1 Å². The van der Waals surface area contributed by atoms with Crippen molar-refractivity contribution in [2.24, 2.45) is 5.10 Å². The molecular weight excluding hydrogens is 488 g/mol. The lowest BCUT2D eigenvalue weighted by atomic mass is 10.2. The molecule has 31 heavy (non-hydrogen) atoms. The third-order valence-corrected chi connectivity index (χ3v) is 5.10.